The Morgan fingerprint density at radius 2 is 1.95 bits per heavy atom. The second kappa shape index (κ2) is 7.24. The van der Waals surface area contributed by atoms with Crippen LogP contribution in [0.25, 0.3) is 0 Å². The minimum atomic E-state index is 0.157. The summed E-state index contributed by atoms with van der Waals surface area (Å²) in [6.07, 6.45) is 6.07. The van der Waals surface area contributed by atoms with Crippen molar-refractivity contribution in [2.75, 3.05) is 26.2 Å². The summed E-state index contributed by atoms with van der Waals surface area (Å²) in [6.45, 7) is 13.8. The highest BCUT2D eigenvalue weighted by Crippen LogP contribution is 2.35. The fraction of sp³-hybridized carbons (Fsp3) is 1.00. The molecule has 0 spiro atoms. The lowest BCUT2D eigenvalue weighted by atomic mass is 9.83. The van der Waals surface area contributed by atoms with Crippen LogP contribution in [0.5, 0.6) is 0 Å². The third-order valence-corrected chi connectivity index (χ3v) is 5.68. The standard InChI is InChI=1S/C17H34N2O/c1-5-17(6-2)12-15(9-11-20-17)19-10-8-16(18-7-3)14(4)13-19/h14-16,18H,5-13H2,1-4H3. The van der Waals surface area contributed by atoms with Crippen LogP contribution in [-0.4, -0.2) is 48.8 Å². The Kier molecular flexibility index (Phi) is 5.88. The van der Waals surface area contributed by atoms with E-state index >= 15 is 0 Å². The zero-order valence-corrected chi connectivity index (χ0v) is 14.0. The smallest absolute Gasteiger partial charge is 0.0692 e. The van der Waals surface area contributed by atoms with E-state index in [2.05, 4.69) is 37.9 Å². The van der Waals surface area contributed by atoms with Crippen molar-refractivity contribution in [1.29, 1.82) is 0 Å². The summed E-state index contributed by atoms with van der Waals surface area (Å²) in [5.41, 5.74) is 0.157. The Morgan fingerprint density at radius 3 is 2.55 bits per heavy atom. The Bertz CT molecular complexity index is 291. The van der Waals surface area contributed by atoms with Gasteiger partial charge in [-0.1, -0.05) is 27.7 Å². The molecule has 3 nitrogen and oxygen atoms in total. The molecule has 118 valence electrons. The van der Waals surface area contributed by atoms with E-state index in [1.54, 1.807) is 0 Å². The Labute approximate surface area is 125 Å². The summed E-state index contributed by atoms with van der Waals surface area (Å²) >= 11 is 0. The maximum atomic E-state index is 6.13. The fourth-order valence-corrected chi connectivity index (χ4v) is 4.13. The normalized spacial score (nSPS) is 35.1. The number of nitrogens with one attached hydrogen (secondary N) is 1. The molecule has 2 fully saturated rings. The van der Waals surface area contributed by atoms with Gasteiger partial charge in [0.25, 0.3) is 0 Å². The van der Waals surface area contributed by atoms with Crippen molar-refractivity contribution in [3.63, 3.8) is 0 Å². The molecule has 3 unspecified atom stereocenters. The second-order valence-electron chi connectivity index (χ2n) is 6.81. The molecule has 20 heavy (non-hydrogen) atoms. The molecule has 0 amide bonds. The van der Waals surface area contributed by atoms with Crippen molar-refractivity contribution in [3.05, 3.63) is 0 Å². The van der Waals surface area contributed by atoms with Crippen molar-refractivity contribution < 1.29 is 4.74 Å². The number of hydrogen-bond donors (Lipinski definition) is 1. The van der Waals surface area contributed by atoms with Gasteiger partial charge in [-0.2, -0.15) is 0 Å². The molecule has 3 atom stereocenters. The lowest BCUT2D eigenvalue weighted by molar-refractivity contribution is -0.114. The maximum absolute atomic E-state index is 6.13. The van der Waals surface area contributed by atoms with E-state index in [9.17, 15) is 0 Å². The van der Waals surface area contributed by atoms with E-state index in [0.29, 0.717) is 0 Å². The number of nitrogens with zero attached hydrogens (tertiary/aromatic N) is 1. The molecule has 3 heteroatoms. The fourth-order valence-electron chi connectivity index (χ4n) is 4.13. The predicted molar refractivity (Wildman–Crippen MR) is 85.1 cm³/mol. The van der Waals surface area contributed by atoms with Crippen LogP contribution in [-0.2, 0) is 4.74 Å². The molecule has 2 rings (SSSR count). The molecule has 0 bridgehead atoms. The molecule has 1 N–H and O–H groups in total. The zero-order valence-electron chi connectivity index (χ0n) is 14.0. The van der Waals surface area contributed by atoms with Gasteiger partial charge in [0, 0.05) is 25.2 Å². The second-order valence-corrected chi connectivity index (χ2v) is 6.81. The molecule has 2 heterocycles. The van der Waals surface area contributed by atoms with Crippen LogP contribution in [0.4, 0.5) is 0 Å². The van der Waals surface area contributed by atoms with Crippen LogP contribution in [0.1, 0.15) is 59.8 Å². The zero-order chi connectivity index (χ0) is 14.6. The monoisotopic (exact) mass is 282 g/mol. The Morgan fingerprint density at radius 1 is 1.20 bits per heavy atom. The topological polar surface area (TPSA) is 24.5 Å². The van der Waals surface area contributed by atoms with Gasteiger partial charge in [-0.3, -0.25) is 4.90 Å². The Hall–Kier alpha value is -0.120. The van der Waals surface area contributed by atoms with Crippen LogP contribution in [0.3, 0.4) is 0 Å². The van der Waals surface area contributed by atoms with Gasteiger partial charge in [0.2, 0.25) is 0 Å². The van der Waals surface area contributed by atoms with Crippen LogP contribution >= 0.6 is 0 Å². The first-order valence-electron chi connectivity index (χ1n) is 8.75. The lowest BCUT2D eigenvalue weighted by Gasteiger charge is -2.47. The van der Waals surface area contributed by atoms with Gasteiger partial charge in [-0.25, -0.2) is 0 Å². The van der Waals surface area contributed by atoms with Crippen LogP contribution < -0.4 is 5.32 Å². The van der Waals surface area contributed by atoms with Crippen molar-refractivity contribution in [1.82, 2.24) is 10.2 Å². The van der Waals surface area contributed by atoms with Gasteiger partial charge >= 0.3 is 0 Å². The summed E-state index contributed by atoms with van der Waals surface area (Å²) in [5.74, 6) is 0.768. The third kappa shape index (κ3) is 3.55. The van der Waals surface area contributed by atoms with Crippen molar-refractivity contribution in [2.45, 2.75) is 77.5 Å². The first-order valence-corrected chi connectivity index (χ1v) is 8.75. The molecule has 0 aliphatic carbocycles. The first-order chi connectivity index (χ1) is 9.64. The van der Waals surface area contributed by atoms with E-state index in [-0.39, 0.29) is 5.60 Å². The van der Waals surface area contributed by atoms with Crippen molar-refractivity contribution >= 4 is 0 Å². The van der Waals surface area contributed by atoms with Crippen LogP contribution in [0.15, 0.2) is 0 Å². The molecule has 0 saturated carbocycles. The number of rotatable bonds is 5. The van der Waals surface area contributed by atoms with E-state index in [1.165, 1.54) is 32.4 Å². The minimum absolute atomic E-state index is 0.157. The van der Waals surface area contributed by atoms with Gasteiger partial charge < -0.3 is 10.1 Å². The molecule has 0 aromatic rings. The lowest BCUT2D eigenvalue weighted by Crippen LogP contribution is -2.55. The van der Waals surface area contributed by atoms with E-state index < -0.39 is 0 Å². The van der Waals surface area contributed by atoms with Gasteiger partial charge in [-0.05, 0) is 51.1 Å². The highest BCUT2D eigenvalue weighted by atomic mass is 16.5. The van der Waals surface area contributed by atoms with Gasteiger partial charge in [0.05, 0.1) is 5.60 Å². The van der Waals surface area contributed by atoms with Crippen molar-refractivity contribution in [2.24, 2.45) is 5.92 Å². The molecule has 2 aliphatic heterocycles. The largest absolute Gasteiger partial charge is 0.375 e. The molecule has 2 saturated heterocycles. The maximum Gasteiger partial charge on any atom is 0.0692 e. The summed E-state index contributed by atoms with van der Waals surface area (Å²) in [4.78, 5) is 2.75. The molecule has 0 aromatic carbocycles. The summed E-state index contributed by atoms with van der Waals surface area (Å²) < 4.78 is 6.13. The molecule has 0 radical (unpaired) electrons. The first kappa shape index (κ1) is 16.3. The van der Waals surface area contributed by atoms with Gasteiger partial charge in [0.1, 0.15) is 0 Å². The molecular weight excluding hydrogens is 248 g/mol. The van der Waals surface area contributed by atoms with Gasteiger partial charge in [-0.15, -0.1) is 0 Å². The summed E-state index contributed by atoms with van der Waals surface area (Å²) in [5, 5.41) is 3.64. The van der Waals surface area contributed by atoms with E-state index in [4.69, 9.17) is 4.74 Å². The molecule has 2 aliphatic rings. The van der Waals surface area contributed by atoms with Crippen LogP contribution in [0, 0.1) is 5.92 Å². The average molecular weight is 282 g/mol. The summed E-state index contributed by atoms with van der Waals surface area (Å²) in [7, 11) is 0. The quantitative estimate of drug-likeness (QED) is 0.839. The highest BCUT2D eigenvalue weighted by Gasteiger charge is 2.38. The Balaban J connectivity index is 1.92. The number of ether oxygens (including phenoxy) is 1. The molecular formula is C17H34N2O. The highest BCUT2D eigenvalue weighted by molar-refractivity contribution is 4.92. The van der Waals surface area contributed by atoms with Gasteiger partial charge in [0.15, 0.2) is 0 Å². The SMILES string of the molecule is CCNC1CCN(C2CCOC(CC)(CC)C2)CC1C. The van der Waals surface area contributed by atoms with E-state index in [1.807, 2.05) is 0 Å². The predicted octanol–water partition coefficient (Wildman–Crippen LogP) is 3.04. The molecule has 0 aromatic heterocycles. The average Bonchev–Trinajstić information content (AvgIpc) is 2.49. The van der Waals surface area contributed by atoms with Crippen LogP contribution in [0.2, 0.25) is 0 Å². The van der Waals surface area contributed by atoms with E-state index in [0.717, 1.165) is 44.0 Å². The number of hydrogen-bond acceptors (Lipinski definition) is 3. The third-order valence-electron chi connectivity index (χ3n) is 5.68. The summed E-state index contributed by atoms with van der Waals surface area (Å²) in [6, 6.07) is 1.46. The number of piperidine rings is 1. The van der Waals surface area contributed by atoms with Crippen molar-refractivity contribution in [3.8, 4) is 0 Å². The number of likely N-dealkylation sites (tertiary alicyclic amines) is 1. The minimum Gasteiger partial charge on any atom is -0.375 e.